The first kappa shape index (κ1) is 12.4. The van der Waals surface area contributed by atoms with Crippen LogP contribution >= 0.6 is 0 Å². The Morgan fingerprint density at radius 2 is 2.00 bits per heavy atom. The zero-order valence-corrected chi connectivity index (χ0v) is 9.43. The van der Waals surface area contributed by atoms with Crippen LogP contribution < -0.4 is 5.32 Å². The maximum Gasteiger partial charge on any atom is 0.194 e. The van der Waals surface area contributed by atoms with Gasteiger partial charge >= 0.3 is 0 Å². The molecule has 1 heterocycles. The number of rotatable bonds is 1. The SMILES string of the molecule is CC1CNCCC1(O)c1ccc(F)c(F)c1F. The first-order valence-corrected chi connectivity index (χ1v) is 5.54. The van der Waals surface area contributed by atoms with E-state index in [1.807, 2.05) is 0 Å². The lowest BCUT2D eigenvalue weighted by Crippen LogP contribution is -2.47. The van der Waals surface area contributed by atoms with E-state index < -0.39 is 23.1 Å². The molecule has 2 rings (SSSR count). The molecule has 1 aliphatic rings. The summed E-state index contributed by atoms with van der Waals surface area (Å²) in [6.07, 6.45) is 0.274. The van der Waals surface area contributed by atoms with E-state index in [0.29, 0.717) is 13.1 Å². The molecule has 0 bridgehead atoms. The van der Waals surface area contributed by atoms with Crippen molar-refractivity contribution in [3.8, 4) is 0 Å². The number of hydrogen-bond acceptors (Lipinski definition) is 2. The summed E-state index contributed by atoms with van der Waals surface area (Å²) in [6, 6.07) is 1.97. The van der Waals surface area contributed by atoms with Crippen molar-refractivity contribution < 1.29 is 18.3 Å². The fraction of sp³-hybridized carbons (Fsp3) is 0.500. The van der Waals surface area contributed by atoms with Crippen LogP contribution in [0.4, 0.5) is 13.2 Å². The monoisotopic (exact) mass is 245 g/mol. The Hall–Kier alpha value is -1.07. The second-order valence-electron chi connectivity index (χ2n) is 4.50. The molecule has 1 aliphatic heterocycles. The highest BCUT2D eigenvalue weighted by atomic mass is 19.2. The van der Waals surface area contributed by atoms with Gasteiger partial charge in [-0.3, -0.25) is 0 Å². The van der Waals surface area contributed by atoms with Crippen molar-refractivity contribution in [1.82, 2.24) is 5.32 Å². The molecule has 1 fully saturated rings. The molecule has 5 heteroatoms. The standard InChI is InChI=1S/C12H14F3NO/c1-7-6-16-5-4-12(7,17)8-2-3-9(13)11(15)10(8)14/h2-3,7,16-17H,4-6H2,1H3. The van der Waals surface area contributed by atoms with Crippen molar-refractivity contribution >= 4 is 0 Å². The lowest BCUT2D eigenvalue weighted by atomic mass is 9.77. The third-order valence-corrected chi connectivity index (χ3v) is 3.45. The van der Waals surface area contributed by atoms with Gasteiger partial charge in [-0.25, -0.2) is 13.2 Å². The summed E-state index contributed by atoms with van der Waals surface area (Å²) in [5, 5.41) is 13.5. The van der Waals surface area contributed by atoms with Gasteiger partial charge in [-0.1, -0.05) is 13.0 Å². The van der Waals surface area contributed by atoms with Crippen molar-refractivity contribution in [2.45, 2.75) is 18.9 Å². The van der Waals surface area contributed by atoms with Crippen molar-refractivity contribution in [2.75, 3.05) is 13.1 Å². The van der Waals surface area contributed by atoms with Gasteiger partial charge in [0.15, 0.2) is 17.5 Å². The van der Waals surface area contributed by atoms with E-state index in [0.717, 1.165) is 12.1 Å². The summed E-state index contributed by atoms with van der Waals surface area (Å²) in [4.78, 5) is 0. The summed E-state index contributed by atoms with van der Waals surface area (Å²) in [5.74, 6) is -4.32. The molecule has 2 unspecified atom stereocenters. The van der Waals surface area contributed by atoms with Crippen LogP contribution in [0.25, 0.3) is 0 Å². The number of benzene rings is 1. The number of halogens is 3. The first-order chi connectivity index (χ1) is 7.97. The maximum absolute atomic E-state index is 13.7. The molecule has 2 N–H and O–H groups in total. The third kappa shape index (κ3) is 1.93. The number of nitrogens with one attached hydrogen (secondary N) is 1. The van der Waals surface area contributed by atoms with Gasteiger partial charge in [-0.15, -0.1) is 0 Å². The highest BCUT2D eigenvalue weighted by molar-refractivity contribution is 5.27. The van der Waals surface area contributed by atoms with E-state index in [2.05, 4.69) is 5.32 Å². The normalized spacial score (nSPS) is 29.4. The Balaban J connectivity index is 2.49. The fourth-order valence-corrected chi connectivity index (χ4v) is 2.27. The Kier molecular flexibility index (Phi) is 3.14. The smallest absolute Gasteiger partial charge is 0.194 e. The topological polar surface area (TPSA) is 32.3 Å². The lowest BCUT2D eigenvalue weighted by molar-refractivity contribution is -0.0425. The van der Waals surface area contributed by atoms with Crippen LogP contribution in [0.1, 0.15) is 18.9 Å². The van der Waals surface area contributed by atoms with Crippen LogP contribution in [-0.4, -0.2) is 18.2 Å². The average molecular weight is 245 g/mol. The number of piperidine rings is 1. The maximum atomic E-state index is 13.7. The second-order valence-corrected chi connectivity index (χ2v) is 4.50. The summed E-state index contributed by atoms with van der Waals surface area (Å²) in [7, 11) is 0. The molecule has 94 valence electrons. The van der Waals surface area contributed by atoms with Gasteiger partial charge in [0.1, 0.15) is 0 Å². The minimum atomic E-state index is -1.53. The molecule has 1 aromatic carbocycles. The molecule has 0 aliphatic carbocycles. The van der Waals surface area contributed by atoms with Gasteiger partial charge in [0, 0.05) is 18.0 Å². The predicted octanol–water partition coefficient (Wildman–Crippen LogP) is 1.92. The molecule has 0 saturated carbocycles. The zero-order chi connectivity index (χ0) is 12.6. The molecule has 0 spiro atoms. The third-order valence-electron chi connectivity index (χ3n) is 3.45. The Labute approximate surface area is 97.5 Å². The van der Waals surface area contributed by atoms with E-state index in [4.69, 9.17) is 0 Å². The van der Waals surface area contributed by atoms with E-state index in [9.17, 15) is 18.3 Å². The Morgan fingerprint density at radius 1 is 1.29 bits per heavy atom. The molecule has 1 aromatic rings. The zero-order valence-electron chi connectivity index (χ0n) is 9.43. The molecule has 2 nitrogen and oxygen atoms in total. The average Bonchev–Trinajstić information content (AvgIpc) is 2.30. The summed E-state index contributed by atoms with van der Waals surface area (Å²) in [6.45, 7) is 2.76. The van der Waals surface area contributed by atoms with Crippen LogP contribution in [0, 0.1) is 23.4 Å². The van der Waals surface area contributed by atoms with Gasteiger partial charge in [-0.05, 0) is 19.0 Å². The van der Waals surface area contributed by atoms with Crippen molar-refractivity contribution in [3.05, 3.63) is 35.1 Å². The molecule has 0 aromatic heterocycles. The highest BCUT2D eigenvalue weighted by Crippen LogP contribution is 2.37. The van der Waals surface area contributed by atoms with E-state index in [-0.39, 0.29) is 17.9 Å². The van der Waals surface area contributed by atoms with Crippen molar-refractivity contribution in [2.24, 2.45) is 5.92 Å². The summed E-state index contributed by atoms with van der Waals surface area (Å²) < 4.78 is 39.7. The van der Waals surface area contributed by atoms with Crippen LogP contribution in [0.5, 0.6) is 0 Å². The lowest BCUT2D eigenvalue weighted by Gasteiger charge is -2.39. The molecule has 2 atom stereocenters. The number of hydrogen-bond donors (Lipinski definition) is 2. The largest absolute Gasteiger partial charge is 0.385 e. The quantitative estimate of drug-likeness (QED) is 0.741. The summed E-state index contributed by atoms with van der Waals surface area (Å²) >= 11 is 0. The predicted molar refractivity (Wildman–Crippen MR) is 56.9 cm³/mol. The van der Waals surface area contributed by atoms with Gasteiger partial charge in [0.05, 0.1) is 5.60 Å². The molecular weight excluding hydrogens is 231 g/mol. The van der Waals surface area contributed by atoms with Crippen molar-refractivity contribution in [1.29, 1.82) is 0 Å². The van der Waals surface area contributed by atoms with Crippen molar-refractivity contribution in [3.63, 3.8) is 0 Å². The molecule has 17 heavy (non-hydrogen) atoms. The minimum Gasteiger partial charge on any atom is -0.385 e. The summed E-state index contributed by atoms with van der Waals surface area (Å²) in [5.41, 5.74) is -1.60. The van der Waals surface area contributed by atoms with Crippen LogP contribution in [-0.2, 0) is 5.60 Å². The van der Waals surface area contributed by atoms with Crippen LogP contribution in [0.3, 0.4) is 0 Å². The van der Waals surface area contributed by atoms with E-state index in [1.165, 1.54) is 0 Å². The van der Waals surface area contributed by atoms with Gasteiger partial charge in [0.25, 0.3) is 0 Å². The Bertz CT molecular complexity index is 438. The molecule has 0 radical (unpaired) electrons. The second kappa shape index (κ2) is 4.31. The minimum absolute atomic E-state index is 0.162. The van der Waals surface area contributed by atoms with Gasteiger partial charge in [-0.2, -0.15) is 0 Å². The first-order valence-electron chi connectivity index (χ1n) is 5.54. The van der Waals surface area contributed by atoms with E-state index in [1.54, 1.807) is 6.92 Å². The fourth-order valence-electron chi connectivity index (χ4n) is 2.27. The Morgan fingerprint density at radius 3 is 2.65 bits per heavy atom. The van der Waals surface area contributed by atoms with Crippen LogP contribution in [0.2, 0.25) is 0 Å². The van der Waals surface area contributed by atoms with Crippen LogP contribution in [0.15, 0.2) is 12.1 Å². The molecule has 1 saturated heterocycles. The molecular formula is C12H14F3NO. The highest BCUT2D eigenvalue weighted by Gasteiger charge is 2.40. The van der Waals surface area contributed by atoms with Gasteiger partial charge < -0.3 is 10.4 Å². The van der Waals surface area contributed by atoms with E-state index >= 15 is 0 Å². The van der Waals surface area contributed by atoms with Gasteiger partial charge in [0.2, 0.25) is 0 Å². The molecule has 0 amide bonds. The number of aliphatic hydroxyl groups is 1.